The zero-order valence-corrected chi connectivity index (χ0v) is 11.2. The summed E-state index contributed by atoms with van der Waals surface area (Å²) in [4.78, 5) is 22.9. The van der Waals surface area contributed by atoms with E-state index in [1.54, 1.807) is 12.1 Å². The second kappa shape index (κ2) is 6.78. The zero-order chi connectivity index (χ0) is 14.3. The molecule has 5 nitrogen and oxygen atoms in total. The highest BCUT2D eigenvalue weighted by Crippen LogP contribution is 2.25. The number of carboxylic acid groups (broad SMARTS) is 1. The minimum absolute atomic E-state index is 0.122. The number of amides is 1. The van der Waals surface area contributed by atoms with Gasteiger partial charge in [-0.15, -0.1) is 0 Å². The third kappa shape index (κ3) is 3.98. The van der Waals surface area contributed by atoms with Crippen molar-refractivity contribution in [1.29, 1.82) is 0 Å². The number of hydrogen-bond donors (Lipinski definition) is 2. The van der Waals surface area contributed by atoms with E-state index in [9.17, 15) is 14.7 Å². The average molecular weight is 265 g/mol. The summed E-state index contributed by atoms with van der Waals surface area (Å²) in [7, 11) is 0. The fourth-order valence-electron chi connectivity index (χ4n) is 1.74. The van der Waals surface area contributed by atoms with E-state index >= 15 is 0 Å². The van der Waals surface area contributed by atoms with Crippen molar-refractivity contribution < 1.29 is 19.1 Å². The van der Waals surface area contributed by atoms with Crippen molar-refractivity contribution in [3.8, 4) is 0 Å². The largest absolute Gasteiger partial charge is 0.481 e. The van der Waals surface area contributed by atoms with Gasteiger partial charge in [0, 0.05) is 12.6 Å². The van der Waals surface area contributed by atoms with Gasteiger partial charge in [0.05, 0.1) is 11.7 Å². The van der Waals surface area contributed by atoms with Crippen LogP contribution < -0.4 is 5.32 Å². The molecular weight excluding hydrogens is 246 g/mol. The second-order valence-electron chi connectivity index (χ2n) is 4.36. The SMILES string of the molecule is CCC(CC)(CNC(=O)/C=C/c1ccco1)C(=O)O. The number of hydrogen-bond acceptors (Lipinski definition) is 3. The number of furan rings is 1. The summed E-state index contributed by atoms with van der Waals surface area (Å²) in [6.45, 7) is 3.74. The smallest absolute Gasteiger partial charge is 0.311 e. The van der Waals surface area contributed by atoms with Gasteiger partial charge in [-0.2, -0.15) is 0 Å². The van der Waals surface area contributed by atoms with Crippen molar-refractivity contribution in [2.75, 3.05) is 6.54 Å². The van der Waals surface area contributed by atoms with E-state index in [-0.39, 0.29) is 12.5 Å². The lowest BCUT2D eigenvalue weighted by Crippen LogP contribution is -2.41. The van der Waals surface area contributed by atoms with E-state index in [1.165, 1.54) is 18.4 Å². The van der Waals surface area contributed by atoms with Crippen LogP contribution >= 0.6 is 0 Å². The van der Waals surface area contributed by atoms with Gasteiger partial charge in [0.1, 0.15) is 5.76 Å². The molecule has 0 aliphatic rings. The maximum Gasteiger partial charge on any atom is 0.311 e. The first-order valence-electron chi connectivity index (χ1n) is 6.27. The van der Waals surface area contributed by atoms with Crippen LogP contribution in [0, 0.1) is 5.41 Å². The zero-order valence-electron chi connectivity index (χ0n) is 11.2. The van der Waals surface area contributed by atoms with Crippen molar-refractivity contribution >= 4 is 18.0 Å². The van der Waals surface area contributed by atoms with Gasteiger partial charge in [0.25, 0.3) is 0 Å². The van der Waals surface area contributed by atoms with Gasteiger partial charge in [0.15, 0.2) is 0 Å². The summed E-state index contributed by atoms with van der Waals surface area (Å²) in [6, 6.07) is 3.45. The molecule has 1 aromatic rings. The molecule has 5 heteroatoms. The normalized spacial score (nSPS) is 11.7. The third-order valence-electron chi connectivity index (χ3n) is 3.35. The molecule has 0 atom stereocenters. The molecule has 0 bridgehead atoms. The quantitative estimate of drug-likeness (QED) is 0.741. The van der Waals surface area contributed by atoms with E-state index in [1.807, 2.05) is 13.8 Å². The maximum absolute atomic E-state index is 11.6. The molecule has 0 aromatic carbocycles. The van der Waals surface area contributed by atoms with E-state index < -0.39 is 11.4 Å². The molecule has 0 unspecified atom stereocenters. The second-order valence-corrected chi connectivity index (χ2v) is 4.36. The summed E-state index contributed by atoms with van der Waals surface area (Å²) in [5.74, 6) is -0.637. The molecule has 1 aromatic heterocycles. The molecule has 19 heavy (non-hydrogen) atoms. The highest BCUT2D eigenvalue weighted by atomic mass is 16.4. The lowest BCUT2D eigenvalue weighted by Gasteiger charge is -2.26. The Morgan fingerprint density at radius 1 is 1.42 bits per heavy atom. The van der Waals surface area contributed by atoms with Crippen LogP contribution in [-0.4, -0.2) is 23.5 Å². The van der Waals surface area contributed by atoms with E-state index in [0.717, 1.165) is 0 Å². The van der Waals surface area contributed by atoms with E-state index in [0.29, 0.717) is 18.6 Å². The fourth-order valence-corrected chi connectivity index (χ4v) is 1.74. The van der Waals surface area contributed by atoms with Crippen LogP contribution in [0.15, 0.2) is 28.9 Å². The van der Waals surface area contributed by atoms with Gasteiger partial charge in [-0.25, -0.2) is 0 Å². The van der Waals surface area contributed by atoms with Crippen LogP contribution in [0.1, 0.15) is 32.4 Å². The molecule has 0 spiro atoms. The first-order valence-corrected chi connectivity index (χ1v) is 6.27. The van der Waals surface area contributed by atoms with Crippen molar-refractivity contribution in [2.45, 2.75) is 26.7 Å². The number of carboxylic acids is 1. The van der Waals surface area contributed by atoms with Gasteiger partial charge in [-0.05, 0) is 31.1 Å². The molecule has 0 aliphatic carbocycles. The Hall–Kier alpha value is -2.04. The number of carbonyl (C=O) groups is 2. The summed E-state index contributed by atoms with van der Waals surface area (Å²) in [5, 5.41) is 11.9. The lowest BCUT2D eigenvalue weighted by molar-refractivity contribution is -0.149. The van der Waals surface area contributed by atoms with Gasteiger partial charge in [-0.3, -0.25) is 9.59 Å². The van der Waals surface area contributed by atoms with E-state index in [4.69, 9.17) is 4.42 Å². The first kappa shape index (κ1) is 15.0. The summed E-state index contributed by atoms with van der Waals surface area (Å²) < 4.78 is 5.05. The number of nitrogens with one attached hydrogen (secondary N) is 1. The van der Waals surface area contributed by atoms with Crippen molar-refractivity contribution in [3.05, 3.63) is 30.2 Å². The van der Waals surface area contributed by atoms with Crippen LogP contribution in [0.25, 0.3) is 6.08 Å². The maximum atomic E-state index is 11.6. The Morgan fingerprint density at radius 2 is 2.11 bits per heavy atom. The highest BCUT2D eigenvalue weighted by Gasteiger charge is 2.34. The molecule has 0 aliphatic heterocycles. The average Bonchev–Trinajstić information content (AvgIpc) is 2.91. The summed E-state index contributed by atoms with van der Waals surface area (Å²) in [5.41, 5.74) is -0.895. The third-order valence-corrected chi connectivity index (χ3v) is 3.35. The first-order chi connectivity index (χ1) is 9.04. The van der Waals surface area contributed by atoms with Crippen molar-refractivity contribution in [2.24, 2.45) is 5.41 Å². The predicted molar refractivity (Wildman–Crippen MR) is 71.4 cm³/mol. The molecule has 0 saturated carbocycles. The Kier molecular flexibility index (Phi) is 5.36. The lowest BCUT2D eigenvalue weighted by atomic mass is 9.82. The number of carbonyl (C=O) groups excluding carboxylic acids is 1. The Morgan fingerprint density at radius 3 is 2.58 bits per heavy atom. The minimum Gasteiger partial charge on any atom is -0.481 e. The number of rotatable bonds is 7. The molecule has 1 amide bonds. The molecule has 1 rings (SSSR count). The van der Waals surface area contributed by atoms with Gasteiger partial charge in [-0.1, -0.05) is 13.8 Å². The van der Waals surface area contributed by atoms with Gasteiger partial charge in [0.2, 0.25) is 5.91 Å². The van der Waals surface area contributed by atoms with Crippen LogP contribution in [0.4, 0.5) is 0 Å². The minimum atomic E-state index is -0.895. The predicted octanol–water partition coefficient (Wildman–Crippen LogP) is 2.30. The van der Waals surface area contributed by atoms with Gasteiger partial charge >= 0.3 is 5.97 Å². The molecule has 0 saturated heterocycles. The molecule has 2 N–H and O–H groups in total. The molecule has 0 radical (unpaired) electrons. The Bertz CT molecular complexity index is 444. The van der Waals surface area contributed by atoms with Crippen LogP contribution in [0.3, 0.4) is 0 Å². The van der Waals surface area contributed by atoms with Crippen LogP contribution in [-0.2, 0) is 9.59 Å². The monoisotopic (exact) mass is 265 g/mol. The van der Waals surface area contributed by atoms with E-state index in [2.05, 4.69) is 5.32 Å². The fraction of sp³-hybridized carbons (Fsp3) is 0.429. The van der Waals surface area contributed by atoms with Crippen molar-refractivity contribution in [1.82, 2.24) is 5.32 Å². The highest BCUT2D eigenvalue weighted by molar-refractivity contribution is 5.91. The van der Waals surface area contributed by atoms with Gasteiger partial charge < -0.3 is 14.8 Å². The van der Waals surface area contributed by atoms with Crippen molar-refractivity contribution in [3.63, 3.8) is 0 Å². The molecular formula is C14H19NO4. The number of aliphatic carboxylic acids is 1. The Balaban J connectivity index is 2.55. The van der Waals surface area contributed by atoms with Crippen LogP contribution in [0.2, 0.25) is 0 Å². The topological polar surface area (TPSA) is 79.5 Å². The standard InChI is InChI=1S/C14H19NO4/c1-3-14(4-2,13(17)18)10-15-12(16)8-7-11-6-5-9-19-11/h5-9H,3-4,10H2,1-2H3,(H,15,16)(H,17,18)/b8-7+. The molecule has 104 valence electrons. The molecule has 1 heterocycles. The summed E-state index contributed by atoms with van der Waals surface area (Å²) in [6.07, 6.45) is 5.33. The summed E-state index contributed by atoms with van der Waals surface area (Å²) >= 11 is 0. The molecule has 0 fully saturated rings. The van der Waals surface area contributed by atoms with Crippen LogP contribution in [0.5, 0.6) is 0 Å². The Labute approximate surface area is 112 Å².